The Labute approximate surface area is 105 Å². The van der Waals surface area contributed by atoms with Crippen molar-refractivity contribution in [3.63, 3.8) is 0 Å². The van der Waals surface area contributed by atoms with E-state index < -0.39 is 12.0 Å². The number of aliphatic carboxylic acids is 1. The van der Waals surface area contributed by atoms with Crippen LogP contribution in [0.4, 0.5) is 0 Å². The van der Waals surface area contributed by atoms with Crippen molar-refractivity contribution < 1.29 is 9.90 Å². The summed E-state index contributed by atoms with van der Waals surface area (Å²) in [5.41, 5.74) is 2.61. The normalized spacial score (nSPS) is 13.2. The van der Waals surface area contributed by atoms with E-state index in [4.69, 9.17) is 0 Å². The van der Waals surface area contributed by atoms with Crippen molar-refractivity contribution in [3.05, 3.63) is 23.7 Å². The molecule has 0 saturated carbocycles. The van der Waals surface area contributed by atoms with E-state index in [2.05, 4.69) is 10.1 Å². The molecule has 5 nitrogen and oxygen atoms in total. The first-order valence-corrected chi connectivity index (χ1v) is 5.95. The Bertz CT molecular complexity index is 563. The van der Waals surface area contributed by atoms with Gasteiger partial charge < -0.3 is 5.11 Å². The molecular weight excluding hydrogens is 230 g/mol. The summed E-state index contributed by atoms with van der Waals surface area (Å²) in [6, 6.07) is -0.642. The molecule has 1 N–H and O–H groups in total. The van der Waals surface area contributed by atoms with Gasteiger partial charge in [0.15, 0.2) is 6.04 Å². The molecular formula is C13H17N3O2. The molecule has 0 aromatic carbocycles. The molecule has 2 heterocycles. The lowest BCUT2D eigenvalue weighted by atomic mass is 10.1. The van der Waals surface area contributed by atoms with E-state index in [-0.39, 0.29) is 5.92 Å². The van der Waals surface area contributed by atoms with Crippen LogP contribution >= 0.6 is 0 Å². The average molecular weight is 247 g/mol. The van der Waals surface area contributed by atoms with Gasteiger partial charge in [0.05, 0.1) is 5.69 Å². The lowest BCUT2D eigenvalue weighted by molar-refractivity contribution is -0.142. The van der Waals surface area contributed by atoms with Gasteiger partial charge in [0, 0.05) is 17.8 Å². The van der Waals surface area contributed by atoms with Crippen molar-refractivity contribution in [1.29, 1.82) is 0 Å². The quantitative estimate of drug-likeness (QED) is 0.903. The van der Waals surface area contributed by atoms with E-state index in [1.807, 2.05) is 27.7 Å². The zero-order valence-corrected chi connectivity index (χ0v) is 11.0. The first-order chi connectivity index (χ1) is 8.41. The molecule has 18 heavy (non-hydrogen) atoms. The number of fused-ring (bicyclic) bond motifs is 1. The smallest absolute Gasteiger partial charge is 0.328 e. The highest BCUT2D eigenvalue weighted by atomic mass is 16.4. The number of carbonyl (C=O) groups is 1. The maximum absolute atomic E-state index is 11.3. The van der Waals surface area contributed by atoms with Crippen LogP contribution < -0.4 is 0 Å². The summed E-state index contributed by atoms with van der Waals surface area (Å²) in [5, 5.41) is 14.6. The summed E-state index contributed by atoms with van der Waals surface area (Å²) < 4.78 is 1.54. The highest BCUT2D eigenvalue weighted by Gasteiger charge is 2.25. The molecule has 0 aliphatic carbocycles. The van der Waals surface area contributed by atoms with E-state index in [9.17, 15) is 9.90 Å². The highest BCUT2D eigenvalue weighted by molar-refractivity contribution is 5.83. The molecule has 5 heteroatoms. The predicted octanol–water partition coefficient (Wildman–Crippen LogP) is 2.33. The summed E-state index contributed by atoms with van der Waals surface area (Å²) in [6.07, 6.45) is 3.59. The number of hydrogen-bond acceptors (Lipinski definition) is 3. The second-order valence-corrected chi connectivity index (χ2v) is 4.93. The van der Waals surface area contributed by atoms with E-state index in [1.165, 1.54) is 0 Å². The van der Waals surface area contributed by atoms with Crippen LogP contribution in [-0.2, 0) is 4.79 Å². The van der Waals surface area contributed by atoms with Gasteiger partial charge in [-0.15, -0.1) is 0 Å². The van der Waals surface area contributed by atoms with Gasteiger partial charge >= 0.3 is 5.97 Å². The number of pyridine rings is 1. The zero-order valence-electron chi connectivity index (χ0n) is 11.0. The molecule has 2 aromatic rings. The van der Waals surface area contributed by atoms with Crippen molar-refractivity contribution in [2.75, 3.05) is 0 Å². The van der Waals surface area contributed by atoms with Gasteiger partial charge in [-0.3, -0.25) is 9.67 Å². The minimum atomic E-state index is -0.860. The van der Waals surface area contributed by atoms with Crippen LogP contribution in [0.5, 0.6) is 0 Å². The van der Waals surface area contributed by atoms with Crippen molar-refractivity contribution in [2.45, 2.75) is 33.7 Å². The van der Waals surface area contributed by atoms with Crippen LogP contribution in [0.2, 0.25) is 0 Å². The summed E-state index contributed by atoms with van der Waals surface area (Å²) in [4.78, 5) is 15.6. The standard InChI is InChI=1S/C13H17N3O2/c1-7(2)12(13(17)18)16-6-10-8(3)5-14-9(4)11(10)15-16/h5-7,12H,1-4H3,(H,17,18). The second kappa shape index (κ2) is 4.40. The van der Waals surface area contributed by atoms with Gasteiger partial charge in [-0.25, -0.2) is 4.79 Å². The third-order valence-corrected chi connectivity index (χ3v) is 3.12. The fourth-order valence-corrected chi connectivity index (χ4v) is 2.12. The van der Waals surface area contributed by atoms with Crippen molar-refractivity contribution >= 4 is 16.9 Å². The average Bonchev–Trinajstić information content (AvgIpc) is 2.68. The number of nitrogens with zero attached hydrogens (tertiary/aromatic N) is 3. The largest absolute Gasteiger partial charge is 0.480 e. The Morgan fingerprint density at radius 3 is 2.56 bits per heavy atom. The maximum atomic E-state index is 11.3. The highest BCUT2D eigenvalue weighted by Crippen LogP contribution is 2.24. The molecule has 0 bridgehead atoms. The molecule has 0 amide bonds. The molecule has 2 rings (SSSR count). The van der Waals surface area contributed by atoms with Crippen LogP contribution in [0, 0.1) is 19.8 Å². The fourth-order valence-electron chi connectivity index (χ4n) is 2.12. The van der Waals surface area contributed by atoms with E-state index in [0.29, 0.717) is 0 Å². The summed E-state index contributed by atoms with van der Waals surface area (Å²) in [7, 11) is 0. The Hall–Kier alpha value is -1.91. The molecule has 0 fully saturated rings. The molecule has 0 spiro atoms. The molecule has 1 unspecified atom stereocenters. The van der Waals surface area contributed by atoms with E-state index >= 15 is 0 Å². The predicted molar refractivity (Wildman–Crippen MR) is 68.5 cm³/mol. The first-order valence-electron chi connectivity index (χ1n) is 5.95. The molecule has 0 radical (unpaired) electrons. The number of carboxylic acid groups (broad SMARTS) is 1. The van der Waals surface area contributed by atoms with E-state index in [1.54, 1.807) is 17.1 Å². The third-order valence-electron chi connectivity index (χ3n) is 3.12. The van der Waals surface area contributed by atoms with Crippen LogP contribution in [0.15, 0.2) is 12.4 Å². The van der Waals surface area contributed by atoms with Crippen LogP contribution in [0.25, 0.3) is 10.9 Å². The number of rotatable bonds is 3. The van der Waals surface area contributed by atoms with Gasteiger partial charge in [-0.2, -0.15) is 5.10 Å². The first kappa shape index (κ1) is 12.5. The Morgan fingerprint density at radius 1 is 1.39 bits per heavy atom. The molecule has 96 valence electrons. The number of aromatic nitrogens is 3. The van der Waals surface area contributed by atoms with Crippen molar-refractivity contribution in [3.8, 4) is 0 Å². The maximum Gasteiger partial charge on any atom is 0.328 e. The van der Waals surface area contributed by atoms with Crippen LogP contribution in [-0.4, -0.2) is 25.8 Å². The number of aryl methyl sites for hydroxylation is 2. The molecule has 0 saturated heterocycles. The summed E-state index contributed by atoms with van der Waals surface area (Å²) in [6.45, 7) is 7.59. The van der Waals surface area contributed by atoms with Crippen LogP contribution in [0.3, 0.4) is 0 Å². The van der Waals surface area contributed by atoms with Gasteiger partial charge in [-0.05, 0) is 25.3 Å². The van der Waals surface area contributed by atoms with Gasteiger partial charge in [-0.1, -0.05) is 13.8 Å². The van der Waals surface area contributed by atoms with Crippen molar-refractivity contribution in [2.24, 2.45) is 5.92 Å². The molecule has 0 aliphatic heterocycles. The minimum absolute atomic E-state index is 0.0228. The zero-order chi connectivity index (χ0) is 13.4. The lowest BCUT2D eigenvalue weighted by Gasteiger charge is -2.16. The Balaban J connectivity index is 2.63. The van der Waals surface area contributed by atoms with E-state index in [0.717, 1.165) is 22.2 Å². The Morgan fingerprint density at radius 2 is 2.06 bits per heavy atom. The van der Waals surface area contributed by atoms with Gasteiger partial charge in [0.1, 0.15) is 5.52 Å². The summed E-state index contributed by atoms with van der Waals surface area (Å²) >= 11 is 0. The molecule has 0 aliphatic rings. The molecule has 1 atom stereocenters. The topological polar surface area (TPSA) is 68.0 Å². The van der Waals surface area contributed by atoms with Crippen LogP contribution in [0.1, 0.15) is 31.1 Å². The minimum Gasteiger partial charge on any atom is -0.480 e. The number of carboxylic acids is 1. The SMILES string of the molecule is Cc1cnc(C)c2nn(C(C(=O)O)C(C)C)cc12. The van der Waals surface area contributed by atoms with Crippen molar-refractivity contribution in [1.82, 2.24) is 14.8 Å². The lowest BCUT2D eigenvalue weighted by Crippen LogP contribution is -2.24. The van der Waals surface area contributed by atoms with Gasteiger partial charge in [0.25, 0.3) is 0 Å². The number of hydrogen-bond donors (Lipinski definition) is 1. The Kier molecular flexibility index (Phi) is 3.07. The fraction of sp³-hybridized carbons (Fsp3) is 0.462. The third kappa shape index (κ3) is 1.96. The summed E-state index contributed by atoms with van der Waals surface area (Å²) in [5.74, 6) is -0.883. The van der Waals surface area contributed by atoms with Gasteiger partial charge in [0.2, 0.25) is 0 Å². The second-order valence-electron chi connectivity index (χ2n) is 4.93. The monoisotopic (exact) mass is 247 g/mol. The molecule has 2 aromatic heterocycles.